The second-order valence-electron chi connectivity index (χ2n) is 6.69. The van der Waals surface area contributed by atoms with Gasteiger partial charge in [0, 0.05) is 11.6 Å². The van der Waals surface area contributed by atoms with E-state index in [-0.39, 0.29) is 17.2 Å². The first-order valence-electron chi connectivity index (χ1n) is 8.47. The van der Waals surface area contributed by atoms with E-state index in [1.54, 1.807) is 25.3 Å². The van der Waals surface area contributed by atoms with Crippen LogP contribution in [-0.4, -0.2) is 22.4 Å². The Balaban J connectivity index is 2.65. The monoisotopic (exact) mass is 354 g/mol. The largest absolute Gasteiger partial charge is 0.508 e. The Morgan fingerprint density at radius 3 is 2.15 bits per heavy atom. The van der Waals surface area contributed by atoms with Crippen LogP contribution >= 0.6 is 0 Å². The summed E-state index contributed by atoms with van der Waals surface area (Å²) in [4.78, 5) is 0. The minimum absolute atomic E-state index is 0.0116. The number of aromatic hydroxyl groups is 3. The molecule has 138 valence electrons. The summed E-state index contributed by atoms with van der Waals surface area (Å²) in [6.07, 6.45) is 4.70. The van der Waals surface area contributed by atoms with Gasteiger partial charge >= 0.3 is 0 Å². The van der Waals surface area contributed by atoms with E-state index in [0.717, 1.165) is 27.8 Å². The predicted molar refractivity (Wildman–Crippen MR) is 106 cm³/mol. The van der Waals surface area contributed by atoms with Crippen molar-refractivity contribution in [2.45, 2.75) is 34.1 Å². The van der Waals surface area contributed by atoms with Gasteiger partial charge in [-0.15, -0.1) is 0 Å². The average molecular weight is 354 g/mol. The highest BCUT2D eigenvalue weighted by Gasteiger charge is 2.15. The maximum atomic E-state index is 10.3. The molecule has 3 N–H and O–H groups in total. The lowest BCUT2D eigenvalue weighted by molar-refractivity contribution is 0.369. The third-order valence-corrected chi connectivity index (χ3v) is 4.25. The van der Waals surface area contributed by atoms with E-state index in [9.17, 15) is 15.3 Å². The number of hydrogen-bond acceptors (Lipinski definition) is 4. The number of ether oxygens (including phenoxy) is 1. The van der Waals surface area contributed by atoms with Crippen LogP contribution in [0.4, 0.5) is 0 Å². The number of allylic oxidation sites excluding steroid dienone is 3. The number of phenols is 3. The molecule has 0 unspecified atom stereocenters. The second-order valence-corrected chi connectivity index (χ2v) is 6.69. The Morgan fingerprint density at radius 1 is 1.00 bits per heavy atom. The third-order valence-electron chi connectivity index (χ3n) is 4.25. The van der Waals surface area contributed by atoms with Crippen molar-refractivity contribution < 1.29 is 20.1 Å². The first-order valence-corrected chi connectivity index (χ1v) is 8.47. The molecule has 0 spiro atoms. The molecule has 0 amide bonds. The fourth-order valence-electron chi connectivity index (χ4n) is 2.92. The van der Waals surface area contributed by atoms with Crippen molar-refractivity contribution in [1.82, 2.24) is 0 Å². The molecule has 4 heteroatoms. The fraction of sp³-hybridized carbons (Fsp3) is 0.273. The van der Waals surface area contributed by atoms with Gasteiger partial charge in [0.05, 0.1) is 7.11 Å². The fourth-order valence-corrected chi connectivity index (χ4v) is 2.92. The summed E-state index contributed by atoms with van der Waals surface area (Å²) in [5, 5.41) is 29.7. The SMILES string of the molecule is COc1c(O)cc(C)c(/C=C(\C)c2cc(O)cc(O)c2)c1CC=C(C)C. The minimum Gasteiger partial charge on any atom is -0.508 e. The summed E-state index contributed by atoms with van der Waals surface area (Å²) in [6.45, 7) is 7.90. The van der Waals surface area contributed by atoms with E-state index in [1.807, 2.05) is 33.8 Å². The van der Waals surface area contributed by atoms with Crippen LogP contribution in [-0.2, 0) is 6.42 Å². The van der Waals surface area contributed by atoms with E-state index >= 15 is 0 Å². The molecule has 26 heavy (non-hydrogen) atoms. The number of methoxy groups -OCH3 is 1. The molecule has 0 bridgehead atoms. The second kappa shape index (κ2) is 8.00. The van der Waals surface area contributed by atoms with E-state index in [4.69, 9.17) is 4.74 Å². The molecular weight excluding hydrogens is 328 g/mol. The van der Waals surface area contributed by atoms with Crippen molar-refractivity contribution in [3.8, 4) is 23.0 Å². The maximum absolute atomic E-state index is 10.3. The number of rotatable bonds is 5. The van der Waals surface area contributed by atoms with E-state index in [1.165, 1.54) is 11.6 Å². The van der Waals surface area contributed by atoms with Crippen LogP contribution < -0.4 is 4.74 Å². The summed E-state index contributed by atoms with van der Waals surface area (Å²) < 4.78 is 5.44. The molecule has 4 nitrogen and oxygen atoms in total. The Bertz CT molecular complexity index is 852. The van der Waals surface area contributed by atoms with Crippen LogP contribution in [0.15, 0.2) is 35.9 Å². The van der Waals surface area contributed by atoms with Gasteiger partial charge in [0.2, 0.25) is 0 Å². The lowest BCUT2D eigenvalue weighted by Crippen LogP contribution is -1.98. The lowest BCUT2D eigenvalue weighted by Gasteiger charge is -2.16. The van der Waals surface area contributed by atoms with Crippen molar-refractivity contribution in [1.29, 1.82) is 0 Å². The van der Waals surface area contributed by atoms with Gasteiger partial charge in [-0.05, 0) is 74.6 Å². The topological polar surface area (TPSA) is 69.9 Å². The summed E-state index contributed by atoms with van der Waals surface area (Å²) in [5.41, 5.74) is 5.56. The van der Waals surface area contributed by atoms with Crippen LogP contribution in [0.2, 0.25) is 0 Å². The van der Waals surface area contributed by atoms with Crippen LogP contribution in [0, 0.1) is 6.92 Å². The zero-order chi connectivity index (χ0) is 19.4. The van der Waals surface area contributed by atoms with Gasteiger partial charge in [-0.25, -0.2) is 0 Å². The van der Waals surface area contributed by atoms with Crippen molar-refractivity contribution in [3.05, 3.63) is 58.2 Å². The number of benzene rings is 2. The van der Waals surface area contributed by atoms with Gasteiger partial charge < -0.3 is 20.1 Å². The molecule has 2 aromatic carbocycles. The highest BCUT2D eigenvalue weighted by Crippen LogP contribution is 2.38. The van der Waals surface area contributed by atoms with E-state index in [0.29, 0.717) is 12.2 Å². The molecule has 0 fully saturated rings. The Hall–Kier alpha value is -2.88. The van der Waals surface area contributed by atoms with Crippen LogP contribution in [0.3, 0.4) is 0 Å². The smallest absolute Gasteiger partial charge is 0.164 e. The number of hydrogen-bond donors (Lipinski definition) is 3. The molecule has 0 aromatic heterocycles. The zero-order valence-corrected chi connectivity index (χ0v) is 15.9. The number of aryl methyl sites for hydroxylation is 1. The number of phenolic OH excluding ortho intramolecular Hbond substituents is 3. The van der Waals surface area contributed by atoms with Crippen LogP contribution in [0.25, 0.3) is 11.6 Å². The first kappa shape index (κ1) is 19.4. The molecule has 0 aliphatic carbocycles. The zero-order valence-electron chi connectivity index (χ0n) is 15.9. The predicted octanol–water partition coefficient (Wildman–Crippen LogP) is 5.19. The first-order chi connectivity index (χ1) is 12.2. The van der Waals surface area contributed by atoms with Crippen molar-refractivity contribution in [2.75, 3.05) is 7.11 Å². The molecular formula is C22H26O4. The van der Waals surface area contributed by atoms with Gasteiger partial charge in [0.25, 0.3) is 0 Å². The van der Waals surface area contributed by atoms with E-state index in [2.05, 4.69) is 6.08 Å². The summed E-state index contributed by atoms with van der Waals surface area (Å²) in [6, 6.07) is 6.19. The molecule has 0 heterocycles. The maximum Gasteiger partial charge on any atom is 0.164 e. The molecule has 0 atom stereocenters. The molecule has 2 aromatic rings. The molecule has 0 saturated heterocycles. The molecule has 0 saturated carbocycles. The highest BCUT2D eigenvalue weighted by atomic mass is 16.5. The normalized spacial score (nSPS) is 11.3. The van der Waals surface area contributed by atoms with Crippen molar-refractivity contribution in [2.24, 2.45) is 0 Å². The van der Waals surface area contributed by atoms with Gasteiger partial charge in [-0.2, -0.15) is 0 Å². The quantitative estimate of drug-likeness (QED) is 0.510. The third kappa shape index (κ3) is 4.39. The van der Waals surface area contributed by atoms with Crippen LogP contribution in [0.1, 0.15) is 43.0 Å². The van der Waals surface area contributed by atoms with Crippen molar-refractivity contribution in [3.63, 3.8) is 0 Å². The summed E-state index contributed by atoms with van der Waals surface area (Å²) in [7, 11) is 1.55. The Morgan fingerprint density at radius 2 is 1.62 bits per heavy atom. The molecule has 0 radical (unpaired) electrons. The van der Waals surface area contributed by atoms with Crippen LogP contribution in [0.5, 0.6) is 23.0 Å². The Labute approximate surface area is 154 Å². The highest BCUT2D eigenvalue weighted by molar-refractivity contribution is 5.84. The summed E-state index contributed by atoms with van der Waals surface area (Å²) >= 11 is 0. The van der Waals surface area contributed by atoms with Gasteiger partial charge in [-0.1, -0.05) is 17.7 Å². The molecule has 2 rings (SSSR count). The van der Waals surface area contributed by atoms with Gasteiger partial charge in [0.15, 0.2) is 11.5 Å². The van der Waals surface area contributed by atoms with E-state index < -0.39 is 0 Å². The lowest BCUT2D eigenvalue weighted by atomic mass is 9.93. The molecule has 0 aliphatic heterocycles. The van der Waals surface area contributed by atoms with Gasteiger partial charge in [0.1, 0.15) is 11.5 Å². The van der Waals surface area contributed by atoms with Crippen molar-refractivity contribution >= 4 is 11.6 Å². The molecule has 0 aliphatic rings. The minimum atomic E-state index is 0.0116. The standard InChI is InChI=1S/C22H26O4/c1-13(2)6-7-19-20(15(4)9-21(25)22(19)26-5)8-14(3)16-10-17(23)12-18(24)11-16/h6,8-12,23-25H,7H2,1-5H3/b14-8+. The summed E-state index contributed by atoms with van der Waals surface area (Å²) in [5.74, 6) is 0.605. The Kier molecular flexibility index (Phi) is 5.98. The van der Waals surface area contributed by atoms with Gasteiger partial charge in [-0.3, -0.25) is 0 Å². The average Bonchev–Trinajstić information content (AvgIpc) is 2.54.